The smallest absolute Gasteiger partial charge is 0.123 e. The van der Waals surface area contributed by atoms with Gasteiger partial charge in [-0.3, -0.25) is 4.68 Å². The highest BCUT2D eigenvalue weighted by Gasteiger charge is 2.22. The van der Waals surface area contributed by atoms with Crippen molar-refractivity contribution in [2.75, 3.05) is 0 Å². The molecule has 0 saturated heterocycles. The highest BCUT2D eigenvalue weighted by atomic mass is 19.1. The van der Waals surface area contributed by atoms with Gasteiger partial charge in [0, 0.05) is 30.4 Å². The first-order valence-corrected chi connectivity index (χ1v) is 9.04. The Labute approximate surface area is 152 Å². The fraction of sp³-hybridized carbons (Fsp3) is 0.400. The van der Waals surface area contributed by atoms with E-state index >= 15 is 0 Å². The van der Waals surface area contributed by atoms with Gasteiger partial charge in [-0.1, -0.05) is 0 Å². The van der Waals surface area contributed by atoms with Gasteiger partial charge in [0.15, 0.2) is 0 Å². The maximum absolute atomic E-state index is 13.6. The van der Waals surface area contributed by atoms with Crippen LogP contribution in [0, 0.1) is 18.7 Å². The van der Waals surface area contributed by atoms with Crippen molar-refractivity contribution in [1.82, 2.24) is 19.6 Å². The summed E-state index contributed by atoms with van der Waals surface area (Å²) in [5, 5.41) is 19.1. The largest absolute Gasteiger partial charge is 0.389 e. The van der Waals surface area contributed by atoms with Crippen molar-refractivity contribution in [3.8, 4) is 5.69 Å². The van der Waals surface area contributed by atoms with E-state index in [1.807, 2.05) is 23.9 Å². The van der Waals surface area contributed by atoms with Gasteiger partial charge in [-0.25, -0.2) is 9.07 Å². The minimum Gasteiger partial charge on any atom is -0.389 e. The maximum Gasteiger partial charge on any atom is 0.123 e. The van der Waals surface area contributed by atoms with Crippen LogP contribution in [0.4, 0.5) is 4.39 Å². The zero-order chi connectivity index (χ0) is 18.3. The monoisotopic (exact) mass is 354 g/mol. The van der Waals surface area contributed by atoms with Gasteiger partial charge in [0.2, 0.25) is 0 Å². The number of benzene rings is 1. The number of rotatable bonds is 6. The molecule has 0 amide bonds. The molecule has 1 aliphatic rings. The molecule has 0 radical (unpaired) electrons. The highest BCUT2D eigenvalue weighted by Crippen LogP contribution is 2.30. The zero-order valence-electron chi connectivity index (χ0n) is 15.1. The SMILES string of the molecule is Cc1cc(Cc2cnn(CC3CC3)c2)n(-c2ccc(F)cc2C(C)O)n1. The molecule has 2 heterocycles. The summed E-state index contributed by atoms with van der Waals surface area (Å²) in [7, 11) is 0. The third kappa shape index (κ3) is 3.55. The van der Waals surface area contributed by atoms with Crippen LogP contribution >= 0.6 is 0 Å². The minimum atomic E-state index is -0.778. The molecule has 26 heavy (non-hydrogen) atoms. The van der Waals surface area contributed by atoms with E-state index in [0.717, 1.165) is 29.4 Å². The molecule has 1 saturated carbocycles. The van der Waals surface area contributed by atoms with Crippen LogP contribution in [0.15, 0.2) is 36.7 Å². The van der Waals surface area contributed by atoms with Crippen molar-refractivity contribution < 1.29 is 9.50 Å². The first-order valence-electron chi connectivity index (χ1n) is 9.04. The number of nitrogens with zero attached hydrogens (tertiary/aromatic N) is 4. The summed E-state index contributed by atoms with van der Waals surface area (Å²) in [6, 6.07) is 6.46. The van der Waals surface area contributed by atoms with Crippen molar-refractivity contribution in [2.24, 2.45) is 5.92 Å². The third-order valence-corrected chi connectivity index (χ3v) is 4.79. The van der Waals surface area contributed by atoms with E-state index in [-0.39, 0.29) is 5.82 Å². The lowest BCUT2D eigenvalue weighted by Gasteiger charge is -2.14. The molecule has 1 atom stereocenters. The van der Waals surface area contributed by atoms with E-state index in [9.17, 15) is 9.50 Å². The summed E-state index contributed by atoms with van der Waals surface area (Å²) in [5.41, 5.74) is 4.22. The fourth-order valence-corrected chi connectivity index (χ4v) is 3.31. The number of aliphatic hydroxyl groups is 1. The summed E-state index contributed by atoms with van der Waals surface area (Å²) in [5.74, 6) is 0.416. The molecule has 4 rings (SSSR count). The highest BCUT2D eigenvalue weighted by molar-refractivity contribution is 5.44. The van der Waals surface area contributed by atoms with Crippen LogP contribution in [-0.4, -0.2) is 24.7 Å². The molecule has 1 aromatic carbocycles. The molecular formula is C20H23FN4O. The van der Waals surface area contributed by atoms with Crippen LogP contribution in [-0.2, 0) is 13.0 Å². The Morgan fingerprint density at radius 2 is 2.12 bits per heavy atom. The van der Waals surface area contributed by atoms with Gasteiger partial charge in [0.05, 0.1) is 23.7 Å². The number of halogens is 1. The Morgan fingerprint density at radius 1 is 1.31 bits per heavy atom. The molecule has 5 nitrogen and oxygen atoms in total. The molecule has 0 aliphatic heterocycles. The van der Waals surface area contributed by atoms with Crippen molar-refractivity contribution in [3.63, 3.8) is 0 Å². The van der Waals surface area contributed by atoms with E-state index in [4.69, 9.17) is 0 Å². The Hall–Kier alpha value is -2.47. The number of aromatic nitrogens is 4. The molecule has 2 aromatic heterocycles. The van der Waals surface area contributed by atoms with Crippen LogP contribution in [0.3, 0.4) is 0 Å². The second kappa shape index (κ2) is 6.68. The molecule has 6 heteroatoms. The van der Waals surface area contributed by atoms with Crippen LogP contribution in [0.5, 0.6) is 0 Å². The topological polar surface area (TPSA) is 55.9 Å². The lowest BCUT2D eigenvalue weighted by Crippen LogP contribution is -2.08. The Kier molecular flexibility index (Phi) is 4.36. The summed E-state index contributed by atoms with van der Waals surface area (Å²) in [6.45, 7) is 4.56. The number of aliphatic hydroxyl groups excluding tert-OH is 1. The number of aryl methyl sites for hydroxylation is 1. The van der Waals surface area contributed by atoms with Gasteiger partial charge in [0.25, 0.3) is 0 Å². The van der Waals surface area contributed by atoms with Gasteiger partial charge < -0.3 is 5.11 Å². The average molecular weight is 354 g/mol. The normalized spacial score (nSPS) is 15.4. The van der Waals surface area contributed by atoms with Crippen molar-refractivity contribution in [3.05, 3.63) is 65.0 Å². The molecule has 0 bridgehead atoms. The third-order valence-electron chi connectivity index (χ3n) is 4.79. The molecule has 1 fully saturated rings. The Balaban J connectivity index is 1.66. The molecule has 1 unspecified atom stereocenters. The first-order chi connectivity index (χ1) is 12.5. The quantitative estimate of drug-likeness (QED) is 0.736. The van der Waals surface area contributed by atoms with E-state index < -0.39 is 6.10 Å². The minimum absolute atomic E-state index is 0.364. The van der Waals surface area contributed by atoms with Crippen LogP contribution in [0.1, 0.15) is 48.4 Å². The van der Waals surface area contributed by atoms with Crippen molar-refractivity contribution in [2.45, 2.75) is 45.8 Å². The number of hydrogen-bond donors (Lipinski definition) is 1. The second-order valence-electron chi connectivity index (χ2n) is 7.26. The van der Waals surface area contributed by atoms with Gasteiger partial charge in [-0.05, 0) is 62.4 Å². The zero-order valence-corrected chi connectivity index (χ0v) is 15.1. The van der Waals surface area contributed by atoms with E-state index in [1.54, 1.807) is 17.7 Å². The van der Waals surface area contributed by atoms with Crippen LogP contribution < -0.4 is 0 Å². The number of hydrogen-bond acceptors (Lipinski definition) is 3. The predicted octanol–water partition coefficient (Wildman–Crippen LogP) is 3.57. The maximum atomic E-state index is 13.6. The molecule has 1 N–H and O–H groups in total. The molecule has 1 aliphatic carbocycles. The molecule has 3 aromatic rings. The lowest BCUT2D eigenvalue weighted by molar-refractivity contribution is 0.198. The van der Waals surface area contributed by atoms with Crippen LogP contribution in [0.25, 0.3) is 5.69 Å². The summed E-state index contributed by atoms with van der Waals surface area (Å²) in [4.78, 5) is 0. The lowest BCUT2D eigenvalue weighted by atomic mass is 10.1. The van der Waals surface area contributed by atoms with Crippen molar-refractivity contribution >= 4 is 0 Å². The fourth-order valence-electron chi connectivity index (χ4n) is 3.31. The van der Waals surface area contributed by atoms with E-state index in [0.29, 0.717) is 17.7 Å². The summed E-state index contributed by atoms with van der Waals surface area (Å²) in [6.07, 6.45) is 6.49. The van der Waals surface area contributed by atoms with Gasteiger partial charge in [-0.15, -0.1) is 0 Å². The van der Waals surface area contributed by atoms with E-state index in [2.05, 4.69) is 16.4 Å². The summed E-state index contributed by atoms with van der Waals surface area (Å²) < 4.78 is 17.5. The molecule has 0 spiro atoms. The second-order valence-corrected chi connectivity index (χ2v) is 7.26. The Morgan fingerprint density at radius 3 is 2.85 bits per heavy atom. The predicted molar refractivity (Wildman–Crippen MR) is 96.6 cm³/mol. The Bertz CT molecular complexity index is 924. The van der Waals surface area contributed by atoms with Crippen molar-refractivity contribution in [1.29, 1.82) is 0 Å². The standard InChI is InChI=1S/C20H23FN4O/c1-13-7-18(8-16-10-22-24(12-16)11-15-3-4-15)25(23-13)20-6-5-17(21)9-19(20)14(2)26/h5-7,9-10,12,14-15,26H,3-4,8,11H2,1-2H3. The van der Waals surface area contributed by atoms with Gasteiger partial charge >= 0.3 is 0 Å². The summed E-state index contributed by atoms with van der Waals surface area (Å²) >= 11 is 0. The first kappa shape index (κ1) is 17.0. The van der Waals surface area contributed by atoms with Crippen LogP contribution in [0.2, 0.25) is 0 Å². The van der Waals surface area contributed by atoms with E-state index in [1.165, 1.54) is 25.0 Å². The van der Waals surface area contributed by atoms with Gasteiger partial charge in [0.1, 0.15) is 5.82 Å². The molecular weight excluding hydrogens is 331 g/mol. The average Bonchev–Trinajstić information content (AvgIpc) is 3.18. The molecule has 136 valence electrons. The van der Waals surface area contributed by atoms with Gasteiger partial charge in [-0.2, -0.15) is 10.2 Å².